The molecule has 1 heterocycles. The van der Waals surface area contributed by atoms with E-state index in [0.29, 0.717) is 23.7 Å². The van der Waals surface area contributed by atoms with Crippen molar-refractivity contribution in [3.8, 4) is 0 Å². The summed E-state index contributed by atoms with van der Waals surface area (Å²) in [5.41, 5.74) is 4.53. The molecule has 27 heavy (non-hydrogen) atoms. The number of amides is 2. The highest BCUT2D eigenvalue weighted by Gasteiger charge is 2.29. The predicted molar refractivity (Wildman–Crippen MR) is 109 cm³/mol. The molecule has 1 atom stereocenters. The fraction of sp³-hybridized carbons (Fsp3) is 0.364. The molecule has 4 nitrogen and oxygen atoms in total. The third-order valence-corrected chi connectivity index (χ3v) is 5.24. The molecule has 3 rings (SSSR count). The second kappa shape index (κ2) is 8.13. The van der Waals surface area contributed by atoms with E-state index >= 15 is 0 Å². The van der Waals surface area contributed by atoms with Crippen LogP contribution in [0.15, 0.2) is 36.4 Å². The Hall–Kier alpha value is -2.33. The first-order valence-corrected chi connectivity index (χ1v) is 9.66. The molecule has 1 fully saturated rings. The van der Waals surface area contributed by atoms with Crippen molar-refractivity contribution in [1.82, 2.24) is 4.90 Å². The molecule has 0 radical (unpaired) electrons. The van der Waals surface area contributed by atoms with Crippen LogP contribution in [0.4, 0.5) is 5.69 Å². The van der Waals surface area contributed by atoms with Gasteiger partial charge in [-0.25, -0.2) is 0 Å². The van der Waals surface area contributed by atoms with E-state index < -0.39 is 0 Å². The summed E-state index contributed by atoms with van der Waals surface area (Å²) >= 11 is 6.04. The Bertz CT molecular complexity index is 858. The van der Waals surface area contributed by atoms with Crippen LogP contribution in [-0.2, 0) is 4.79 Å². The molecule has 1 N–H and O–H groups in total. The molecular weight excluding hydrogens is 360 g/mol. The first-order chi connectivity index (χ1) is 12.8. The number of hydrogen-bond donors (Lipinski definition) is 1. The number of nitrogens with one attached hydrogen (secondary N) is 1. The molecule has 0 saturated carbocycles. The summed E-state index contributed by atoms with van der Waals surface area (Å²) in [6.07, 6.45) is 1.60. The summed E-state index contributed by atoms with van der Waals surface area (Å²) in [4.78, 5) is 27.5. The van der Waals surface area contributed by atoms with E-state index in [4.69, 9.17) is 11.6 Å². The van der Waals surface area contributed by atoms with Crippen LogP contribution in [0.25, 0.3) is 0 Å². The number of nitrogens with zero attached hydrogens (tertiary/aromatic N) is 1. The molecular formula is C22H25ClN2O2. The number of benzene rings is 2. The van der Waals surface area contributed by atoms with Crippen LogP contribution >= 0.6 is 11.6 Å². The number of anilines is 1. The molecule has 2 aromatic rings. The van der Waals surface area contributed by atoms with Crippen molar-refractivity contribution >= 4 is 29.1 Å². The summed E-state index contributed by atoms with van der Waals surface area (Å²) in [7, 11) is 0. The van der Waals surface area contributed by atoms with Crippen molar-refractivity contribution in [2.45, 2.75) is 33.6 Å². The van der Waals surface area contributed by atoms with Gasteiger partial charge < -0.3 is 10.2 Å². The molecule has 0 aromatic heterocycles. The van der Waals surface area contributed by atoms with Gasteiger partial charge in [0.05, 0.1) is 5.92 Å². The molecule has 2 aromatic carbocycles. The molecule has 0 unspecified atom stereocenters. The Labute approximate surface area is 165 Å². The van der Waals surface area contributed by atoms with Gasteiger partial charge in [0, 0.05) is 29.4 Å². The molecule has 142 valence electrons. The standard InChI is InChI=1S/C22H25ClN2O2/c1-14-9-15(2)11-18(10-14)22(27)25-8-4-5-17(13-25)21(26)24-20-12-19(23)7-6-16(20)3/h6-7,9-12,17H,4-5,8,13H2,1-3H3,(H,24,26)/t17-/m0/s1. The highest BCUT2D eigenvalue weighted by Crippen LogP contribution is 2.24. The van der Waals surface area contributed by atoms with Crippen LogP contribution in [-0.4, -0.2) is 29.8 Å². The van der Waals surface area contributed by atoms with Crippen molar-refractivity contribution in [2.75, 3.05) is 18.4 Å². The Morgan fingerprint density at radius 1 is 1.07 bits per heavy atom. The number of rotatable bonds is 3. The zero-order valence-corrected chi connectivity index (χ0v) is 16.8. The molecule has 1 aliphatic rings. The summed E-state index contributed by atoms with van der Waals surface area (Å²) in [5, 5.41) is 3.57. The van der Waals surface area contributed by atoms with Crippen LogP contribution < -0.4 is 5.32 Å². The lowest BCUT2D eigenvalue weighted by molar-refractivity contribution is -0.121. The van der Waals surface area contributed by atoms with E-state index in [2.05, 4.69) is 11.4 Å². The highest BCUT2D eigenvalue weighted by molar-refractivity contribution is 6.31. The summed E-state index contributed by atoms with van der Waals surface area (Å²) in [6.45, 7) is 7.04. The Morgan fingerprint density at radius 2 is 1.78 bits per heavy atom. The van der Waals surface area contributed by atoms with Crippen LogP contribution in [0.1, 0.15) is 39.9 Å². The van der Waals surface area contributed by atoms with Gasteiger partial charge in [0.15, 0.2) is 0 Å². The lowest BCUT2D eigenvalue weighted by atomic mass is 9.95. The molecule has 0 aliphatic carbocycles. The number of hydrogen-bond acceptors (Lipinski definition) is 2. The number of carbonyl (C=O) groups excluding carboxylic acids is 2. The monoisotopic (exact) mass is 384 g/mol. The average Bonchev–Trinajstić information content (AvgIpc) is 2.63. The van der Waals surface area contributed by atoms with Crippen molar-refractivity contribution in [1.29, 1.82) is 0 Å². The van der Waals surface area contributed by atoms with Gasteiger partial charge in [0.1, 0.15) is 0 Å². The molecule has 0 spiro atoms. The normalized spacial score (nSPS) is 16.9. The molecule has 1 aliphatic heterocycles. The zero-order chi connectivity index (χ0) is 19.6. The van der Waals surface area contributed by atoms with Gasteiger partial charge in [0.25, 0.3) is 5.91 Å². The minimum atomic E-state index is -0.216. The fourth-order valence-electron chi connectivity index (χ4n) is 3.62. The molecule has 1 saturated heterocycles. The minimum Gasteiger partial charge on any atom is -0.338 e. The summed E-state index contributed by atoms with van der Waals surface area (Å²) in [5.74, 6) is -0.275. The zero-order valence-electron chi connectivity index (χ0n) is 16.0. The molecule has 2 amide bonds. The van der Waals surface area contributed by atoms with Crippen molar-refractivity contribution in [3.05, 3.63) is 63.7 Å². The van der Waals surface area contributed by atoms with Crippen molar-refractivity contribution < 1.29 is 9.59 Å². The number of carbonyl (C=O) groups is 2. The lowest BCUT2D eigenvalue weighted by Crippen LogP contribution is -2.43. The van der Waals surface area contributed by atoms with Crippen molar-refractivity contribution in [2.24, 2.45) is 5.92 Å². The van der Waals surface area contributed by atoms with Gasteiger partial charge in [-0.15, -0.1) is 0 Å². The van der Waals surface area contributed by atoms with Gasteiger partial charge in [-0.2, -0.15) is 0 Å². The van der Waals surface area contributed by atoms with Gasteiger partial charge >= 0.3 is 0 Å². The van der Waals surface area contributed by atoms with Crippen LogP contribution in [0.5, 0.6) is 0 Å². The van der Waals surface area contributed by atoms with Crippen LogP contribution in [0.2, 0.25) is 5.02 Å². The number of aryl methyl sites for hydroxylation is 3. The quantitative estimate of drug-likeness (QED) is 0.829. The van der Waals surface area contributed by atoms with E-state index in [9.17, 15) is 9.59 Å². The highest BCUT2D eigenvalue weighted by atomic mass is 35.5. The van der Waals surface area contributed by atoms with Crippen LogP contribution in [0.3, 0.4) is 0 Å². The lowest BCUT2D eigenvalue weighted by Gasteiger charge is -2.32. The maximum Gasteiger partial charge on any atom is 0.253 e. The number of piperidine rings is 1. The van der Waals surface area contributed by atoms with E-state index in [-0.39, 0.29) is 17.7 Å². The maximum absolute atomic E-state index is 12.9. The first kappa shape index (κ1) is 19.4. The third kappa shape index (κ3) is 4.69. The Kier molecular flexibility index (Phi) is 5.85. The first-order valence-electron chi connectivity index (χ1n) is 9.28. The Balaban J connectivity index is 1.70. The predicted octanol–water partition coefficient (Wildman–Crippen LogP) is 4.76. The van der Waals surface area contributed by atoms with E-state index in [1.165, 1.54) is 0 Å². The minimum absolute atomic E-state index is 0.00163. The fourth-order valence-corrected chi connectivity index (χ4v) is 3.79. The van der Waals surface area contributed by atoms with Crippen LogP contribution in [0, 0.1) is 26.7 Å². The molecule has 5 heteroatoms. The van der Waals surface area contributed by atoms with Gasteiger partial charge in [0.2, 0.25) is 5.91 Å². The summed E-state index contributed by atoms with van der Waals surface area (Å²) < 4.78 is 0. The smallest absolute Gasteiger partial charge is 0.253 e. The molecule has 0 bridgehead atoms. The summed E-state index contributed by atoms with van der Waals surface area (Å²) in [6, 6.07) is 11.3. The van der Waals surface area contributed by atoms with E-state index in [0.717, 1.165) is 35.2 Å². The second-order valence-corrected chi connectivity index (χ2v) is 7.85. The van der Waals surface area contributed by atoms with E-state index in [1.807, 2.05) is 39.0 Å². The maximum atomic E-state index is 12.9. The van der Waals surface area contributed by atoms with Gasteiger partial charge in [-0.1, -0.05) is 34.9 Å². The largest absolute Gasteiger partial charge is 0.338 e. The number of likely N-dealkylation sites (tertiary alicyclic amines) is 1. The van der Waals surface area contributed by atoms with Crippen molar-refractivity contribution in [3.63, 3.8) is 0 Å². The third-order valence-electron chi connectivity index (χ3n) is 5.01. The average molecular weight is 385 g/mol. The topological polar surface area (TPSA) is 49.4 Å². The Morgan fingerprint density at radius 3 is 2.48 bits per heavy atom. The SMILES string of the molecule is Cc1cc(C)cc(C(=O)N2CCC[C@H](C(=O)Nc3cc(Cl)ccc3C)C2)c1. The number of halogens is 1. The van der Waals surface area contributed by atoms with Gasteiger partial charge in [-0.3, -0.25) is 9.59 Å². The van der Waals surface area contributed by atoms with Gasteiger partial charge in [-0.05, 0) is 63.4 Å². The van der Waals surface area contributed by atoms with E-state index in [1.54, 1.807) is 17.0 Å². The second-order valence-electron chi connectivity index (χ2n) is 7.42.